The second-order valence-electron chi connectivity index (χ2n) is 6.38. The minimum Gasteiger partial charge on any atom is -0.455 e. The molecule has 3 rings (SSSR count). The van der Waals surface area contributed by atoms with Gasteiger partial charge in [0.2, 0.25) is 11.8 Å². The second-order valence-corrected chi connectivity index (χ2v) is 6.81. The van der Waals surface area contributed by atoms with Crippen molar-refractivity contribution >= 4 is 29.1 Å². The molecule has 136 valence electrons. The van der Waals surface area contributed by atoms with Crippen LogP contribution >= 0.6 is 11.6 Å². The van der Waals surface area contributed by atoms with Crippen LogP contribution in [-0.2, 0) is 9.59 Å². The first kappa shape index (κ1) is 18.3. The van der Waals surface area contributed by atoms with Gasteiger partial charge in [-0.2, -0.15) is 0 Å². The number of rotatable bonds is 5. The van der Waals surface area contributed by atoms with Gasteiger partial charge in [0.15, 0.2) is 5.75 Å². The molecule has 0 saturated carbocycles. The summed E-state index contributed by atoms with van der Waals surface area (Å²) in [7, 11) is 0. The largest absolute Gasteiger partial charge is 0.455 e. The Morgan fingerprint density at radius 1 is 1.27 bits per heavy atom. The summed E-state index contributed by atoms with van der Waals surface area (Å²) in [5.41, 5.74) is 1.62. The van der Waals surface area contributed by atoms with E-state index in [2.05, 4.69) is 5.32 Å². The molecule has 1 aliphatic rings. The molecule has 2 aromatic rings. The van der Waals surface area contributed by atoms with Gasteiger partial charge in [0.05, 0.1) is 11.6 Å². The zero-order valence-electron chi connectivity index (χ0n) is 14.8. The summed E-state index contributed by atoms with van der Waals surface area (Å²) in [5.74, 6) is 0.610. The highest BCUT2D eigenvalue weighted by atomic mass is 35.5. The van der Waals surface area contributed by atoms with Gasteiger partial charge in [-0.05, 0) is 44.2 Å². The number of halogens is 1. The van der Waals surface area contributed by atoms with Gasteiger partial charge in [0, 0.05) is 24.5 Å². The third-order valence-corrected chi connectivity index (χ3v) is 4.65. The predicted molar refractivity (Wildman–Crippen MR) is 102 cm³/mol. The predicted octanol–water partition coefficient (Wildman–Crippen LogP) is 4.25. The monoisotopic (exact) mass is 372 g/mol. The van der Waals surface area contributed by atoms with Gasteiger partial charge >= 0.3 is 0 Å². The number of anilines is 1. The number of carbonyl (C=O) groups is 2. The zero-order valence-corrected chi connectivity index (χ0v) is 15.5. The van der Waals surface area contributed by atoms with Crippen molar-refractivity contribution in [1.29, 1.82) is 0 Å². The van der Waals surface area contributed by atoms with Crippen molar-refractivity contribution < 1.29 is 14.3 Å². The number of ether oxygens (including phenoxy) is 1. The van der Waals surface area contributed by atoms with E-state index in [1.807, 2.05) is 38.1 Å². The molecular formula is C20H21ClN2O3. The Bertz CT molecular complexity index is 820. The van der Waals surface area contributed by atoms with Crippen molar-refractivity contribution in [2.24, 2.45) is 5.92 Å². The van der Waals surface area contributed by atoms with Crippen LogP contribution in [0.1, 0.15) is 18.9 Å². The lowest BCUT2D eigenvalue weighted by atomic mass is 10.1. The lowest BCUT2D eigenvalue weighted by Gasteiger charge is -2.16. The molecule has 1 aliphatic heterocycles. The van der Waals surface area contributed by atoms with Gasteiger partial charge < -0.3 is 15.0 Å². The van der Waals surface area contributed by atoms with E-state index in [0.717, 1.165) is 5.56 Å². The average molecular weight is 373 g/mol. The summed E-state index contributed by atoms with van der Waals surface area (Å²) >= 11 is 6.08. The van der Waals surface area contributed by atoms with E-state index >= 15 is 0 Å². The van der Waals surface area contributed by atoms with Crippen LogP contribution in [0.2, 0.25) is 5.02 Å². The zero-order chi connectivity index (χ0) is 18.7. The Morgan fingerprint density at radius 3 is 2.65 bits per heavy atom. The summed E-state index contributed by atoms with van der Waals surface area (Å²) < 4.78 is 5.90. The molecule has 0 spiro atoms. The van der Waals surface area contributed by atoms with Crippen molar-refractivity contribution in [3.63, 3.8) is 0 Å². The first-order chi connectivity index (χ1) is 12.5. The maximum atomic E-state index is 12.6. The Labute approximate surface area is 157 Å². The number of likely N-dealkylation sites (tertiary alicyclic amines) is 1. The lowest BCUT2D eigenvalue weighted by molar-refractivity contribution is -0.128. The summed E-state index contributed by atoms with van der Waals surface area (Å²) in [6, 6.07) is 12.7. The maximum Gasteiger partial charge on any atom is 0.229 e. The lowest BCUT2D eigenvalue weighted by Crippen LogP contribution is -2.28. The number of benzene rings is 2. The van der Waals surface area contributed by atoms with Gasteiger partial charge in [0.1, 0.15) is 5.75 Å². The first-order valence-corrected chi connectivity index (χ1v) is 8.96. The first-order valence-electron chi connectivity index (χ1n) is 8.59. The Hall–Kier alpha value is -2.53. The van der Waals surface area contributed by atoms with E-state index in [1.165, 1.54) is 0 Å². The molecule has 6 heteroatoms. The van der Waals surface area contributed by atoms with Crippen LogP contribution in [0, 0.1) is 12.8 Å². The Kier molecular flexibility index (Phi) is 5.47. The highest BCUT2D eigenvalue weighted by Gasteiger charge is 2.33. The highest BCUT2D eigenvalue weighted by molar-refractivity contribution is 6.31. The second kappa shape index (κ2) is 7.79. The molecule has 1 heterocycles. The molecule has 0 bridgehead atoms. The van der Waals surface area contributed by atoms with Gasteiger partial charge in [-0.3, -0.25) is 9.59 Å². The van der Waals surface area contributed by atoms with Crippen LogP contribution in [0.25, 0.3) is 0 Å². The molecule has 0 aliphatic carbocycles. The van der Waals surface area contributed by atoms with Gasteiger partial charge in [-0.25, -0.2) is 0 Å². The molecule has 26 heavy (non-hydrogen) atoms. The standard InChI is InChI=1S/C20H21ClN2O3/c1-3-23-12-14(10-19(23)24)20(25)22-17-11-15(21)6-9-18(17)26-16-7-4-13(2)5-8-16/h4-9,11,14H,3,10,12H2,1-2H3,(H,22,25)/t14-/m0/s1. The molecule has 0 unspecified atom stereocenters. The van der Waals surface area contributed by atoms with Crippen LogP contribution in [0.3, 0.4) is 0 Å². The normalized spacial score (nSPS) is 16.7. The van der Waals surface area contributed by atoms with E-state index in [1.54, 1.807) is 23.1 Å². The smallest absolute Gasteiger partial charge is 0.229 e. The minimum absolute atomic E-state index is 0.00914. The quantitative estimate of drug-likeness (QED) is 0.853. The number of nitrogens with one attached hydrogen (secondary N) is 1. The van der Waals surface area contributed by atoms with Crippen LogP contribution in [0.15, 0.2) is 42.5 Å². The van der Waals surface area contributed by atoms with Crippen molar-refractivity contribution in [3.8, 4) is 11.5 Å². The van der Waals surface area contributed by atoms with E-state index in [9.17, 15) is 9.59 Å². The summed E-state index contributed by atoms with van der Waals surface area (Å²) in [5, 5.41) is 3.36. The van der Waals surface area contributed by atoms with Gasteiger partial charge in [-0.15, -0.1) is 0 Å². The van der Waals surface area contributed by atoms with Crippen LogP contribution < -0.4 is 10.1 Å². The van der Waals surface area contributed by atoms with Crippen molar-refractivity contribution in [3.05, 3.63) is 53.1 Å². The minimum atomic E-state index is -0.367. The average Bonchev–Trinajstić information content (AvgIpc) is 3.00. The molecule has 1 saturated heterocycles. The number of hydrogen-bond acceptors (Lipinski definition) is 3. The fourth-order valence-electron chi connectivity index (χ4n) is 2.91. The number of amides is 2. The Balaban J connectivity index is 1.76. The van der Waals surface area contributed by atoms with Crippen molar-refractivity contribution in [1.82, 2.24) is 4.90 Å². The number of aryl methyl sites for hydroxylation is 1. The third kappa shape index (κ3) is 4.17. The summed E-state index contributed by atoms with van der Waals surface area (Å²) in [4.78, 5) is 26.1. The molecule has 0 aromatic heterocycles. The molecule has 2 aromatic carbocycles. The highest BCUT2D eigenvalue weighted by Crippen LogP contribution is 2.33. The topological polar surface area (TPSA) is 58.6 Å². The third-order valence-electron chi connectivity index (χ3n) is 4.42. The van der Waals surface area contributed by atoms with Crippen molar-refractivity contribution in [2.75, 3.05) is 18.4 Å². The molecule has 5 nitrogen and oxygen atoms in total. The molecule has 1 fully saturated rings. The number of hydrogen-bond donors (Lipinski definition) is 1. The molecule has 1 N–H and O–H groups in total. The van der Waals surface area contributed by atoms with E-state index in [-0.39, 0.29) is 24.2 Å². The molecule has 1 atom stereocenters. The summed E-state index contributed by atoms with van der Waals surface area (Å²) in [6.45, 7) is 4.96. The SMILES string of the molecule is CCN1C[C@@H](C(=O)Nc2cc(Cl)ccc2Oc2ccc(C)cc2)CC1=O. The van der Waals surface area contributed by atoms with E-state index in [4.69, 9.17) is 16.3 Å². The van der Waals surface area contributed by atoms with E-state index < -0.39 is 0 Å². The van der Waals surface area contributed by atoms with Crippen LogP contribution in [0.5, 0.6) is 11.5 Å². The fraction of sp³-hybridized carbons (Fsp3) is 0.300. The fourth-order valence-corrected chi connectivity index (χ4v) is 3.08. The van der Waals surface area contributed by atoms with Gasteiger partial charge in [0.25, 0.3) is 0 Å². The van der Waals surface area contributed by atoms with E-state index in [0.29, 0.717) is 35.3 Å². The van der Waals surface area contributed by atoms with Gasteiger partial charge in [-0.1, -0.05) is 29.3 Å². The molecule has 2 amide bonds. The van der Waals surface area contributed by atoms with Crippen molar-refractivity contribution in [2.45, 2.75) is 20.3 Å². The molecule has 0 radical (unpaired) electrons. The van der Waals surface area contributed by atoms with Crippen LogP contribution in [0.4, 0.5) is 5.69 Å². The summed E-state index contributed by atoms with van der Waals surface area (Å²) in [6.07, 6.45) is 0.231. The molecular weight excluding hydrogens is 352 g/mol. The maximum absolute atomic E-state index is 12.6. The van der Waals surface area contributed by atoms with Crippen LogP contribution in [-0.4, -0.2) is 29.8 Å². The number of nitrogens with zero attached hydrogens (tertiary/aromatic N) is 1. The number of carbonyl (C=O) groups excluding carboxylic acids is 2. The Morgan fingerprint density at radius 2 is 2.00 bits per heavy atom.